The topological polar surface area (TPSA) is 118 Å². The molecule has 0 spiro atoms. The number of phenols is 3. The average Bonchev–Trinajstić information content (AvgIpc) is 2.69. The lowest BCUT2D eigenvalue weighted by atomic mass is 10.1. The number of aliphatic carboxylic acids is 1. The molecule has 1 fully saturated rings. The molecule has 0 aliphatic carbocycles. The second-order valence-corrected chi connectivity index (χ2v) is 6.40. The van der Waals surface area contributed by atoms with Crippen LogP contribution in [0.2, 0.25) is 0 Å². The molecule has 23 heavy (non-hydrogen) atoms. The molecule has 1 aliphatic heterocycles. The SMILES string of the molecule is O=C(O)CCCN1C(=O)/C(=C/c2c(O)cc(O)cc2O)SC1=S. The minimum Gasteiger partial charge on any atom is -0.508 e. The van der Waals surface area contributed by atoms with E-state index in [1.807, 2.05) is 0 Å². The van der Waals surface area contributed by atoms with Gasteiger partial charge in [0, 0.05) is 25.1 Å². The van der Waals surface area contributed by atoms with Crippen LogP contribution in [0.25, 0.3) is 6.08 Å². The Hall–Kier alpha value is -2.26. The highest BCUT2D eigenvalue weighted by molar-refractivity contribution is 8.26. The normalized spacial score (nSPS) is 16.3. The Balaban J connectivity index is 2.20. The second-order valence-electron chi connectivity index (χ2n) is 4.73. The molecule has 1 heterocycles. The molecule has 0 atom stereocenters. The maximum atomic E-state index is 12.3. The lowest BCUT2D eigenvalue weighted by molar-refractivity contribution is -0.137. The van der Waals surface area contributed by atoms with Gasteiger partial charge in [0.05, 0.1) is 10.5 Å². The van der Waals surface area contributed by atoms with E-state index in [1.54, 1.807) is 0 Å². The summed E-state index contributed by atoms with van der Waals surface area (Å²) < 4.78 is 0.282. The minimum absolute atomic E-state index is 0.00571. The van der Waals surface area contributed by atoms with Crippen LogP contribution < -0.4 is 0 Å². The van der Waals surface area contributed by atoms with Crippen LogP contribution in [0.3, 0.4) is 0 Å². The molecule has 2 rings (SSSR count). The minimum atomic E-state index is -0.954. The Bertz CT molecular complexity index is 692. The third-order valence-electron chi connectivity index (χ3n) is 3.04. The van der Waals surface area contributed by atoms with Gasteiger partial charge in [-0.15, -0.1) is 0 Å². The van der Waals surface area contributed by atoms with Crippen molar-refractivity contribution in [2.24, 2.45) is 0 Å². The number of carbonyl (C=O) groups excluding carboxylic acids is 1. The summed E-state index contributed by atoms with van der Waals surface area (Å²) >= 11 is 6.08. The van der Waals surface area contributed by atoms with E-state index in [-0.39, 0.29) is 51.4 Å². The van der Waals surface area contributed by atoms with E-state index < -0.39 is 11.9 Å². The van der Waals surface area contributed by atoms with Crippen molar-refractivity contribution in [2.75, 3.05) is 6.54 Å². The van der Waals surface area contributed by atoms with Crippen molar-refractivity contribution >= 4 is 46.3 Å². The van der Waals surface area contributed by atoms with E-state index in [4.69, 9.17) is 17.3 Å². The third-order valence-corrected chi connectivity index (χ3v) is 4.42. The molecule has 0 saturated carbocycles. The summed E-state index contributed by atoms with van der Waals surface area (Å²) in [5.74, 6) is -2.43. The monoisotopic (exact) mass is 355 g/mol. The Kier molecular flexibility index (Phi) is 5.12. The Morgan fingerprint density at radius 2 is 1.87 bits per heavy atom. The van der Waals surface area contributed by atoms with Gasteiger partial charge in [0.1, 0.15) is 21.6 Å². The number of phenolic OH excluding ortho intramolecular Hbond substituents is 3. The van der Waals surface area contributed by atoms with E-state index in [2.05, 4.69) is 0 Å². The Morgan fingerprint density at radius 3 is 2.43 bits per heavy atom. The predicted molar refractivity (Wildman–Crippen MR) is 88.2 cm³/mol. The maximum absolute atomic E-state index is 12.3. The molecule has 122 valence electrons. The molecule has 1 amide bonds. The molecule has 1 aromatic carbocycles. The molecular weight excluding hydrogens is 342 g/mol. The highest BCUT2D eigenvalue weighted by Gasteiger charge is 2.32. The summed E-state index contributed by atoms with van der Waals surface area (Å²) in [6.07, 6.45) is 1.47. The van der Waals surface area contributed by atoms with Crippen molar-refractivity contribution in [3.63, 3.8) is 0 Å². The molecule has 0 bridgehead atoms. The molecule has 1 saturated heterocycles. The van der Waals surface area contributed by atoms with Gasteiger partial charge < -0.3 is 20.4 Å². The van der Waals surface area contributed by atoms with Crippen LogP contribution in [-0.4, -0.2) is 48.1 Å². The number of carboxylic acids is 1. The van der Waals surface area contributed by atoms with Gasteiger partial charge in [0.25, 0.3) is 5.91 Å². The smallest absolute Gasteiger partial charge is 0.303 e. The van der Waals surface area contributed by atoms with Crippen molar-refractivity contribution in [3.8, 4) is 17.2 Å². The molecular formula is C14H13NO6S2. The van der Waals surface area contributed by atoms with E-state index in [1.165, 1.54) is 11.0 Å². The first-order valence-electron chi connectivity index (χ1n) is 6.51. The fourth-order valence-electron chi connectivity index (χ4n) is 1.97. The maximum Gasteiger partial charge on any atom is 0.303 e. The van der Waals surface area contributed by atoms with Gasteiger partial charge in [-0.2, -0.15) is 0 Å². The molecule has 7 nitrogen and oxygen atoms in total. The number of hydrogen-bond donors (Lipinski definition) is 4. The van der Waals surface area contributed by atoms with Crippen molar-refractivity contribution in [2.45, 2.75) is 12.8 Å². The van der Waals surface area contributed by atoms with Crippen LogP contribution >= 0.6 is 24.0 Å². The van der Waals surface area contributed by atoms with Crippen LogP contribution in [-0.2, 0) is 9.59 Å². The molecule has 0 radical (unpaired) electrons. The standard InChI is InChI=1S/C14H13NO6S2/c16-7-4-9(17)8(10(18)5-7)6-11-13(21)15(14(22)23-11)3-1-2-12(19)20/h4-6,16-18H,1-3H2,(H,19,20)/b11-6-. The number of thioether (sulfide) groups is 1. The number of rotatable bonds is 5. The molecule has 9 heteroatoms. The lowest BCUT2D eigenvalue weighted by Crippen LogP contribution is -2.29. The number of thiocarbonyl (C=S) groups is 1. The zero-order chi connectivity index (χ0) is 17.1. The van der Waals surface area contributed by atoms with Gasteiger partial charge in [-0.25, -0.2) is 0 Å². The quantitative estimate of drug-likeness (QED) is 0.467. The van der Waals surface area contributed by atoms with Gasteiger partial charge >= 0.3 is 5.97 Å². The average molecular weight is 355 g/mol. The number of nitrogens with zero attached hydrogens (tertiary/aromatic N) is 1. The number of carboxylic acid groups (broad SMARTS) is 1. The summed E-state index contributed by atoms with van der Waals surface area (Å²) in [4.78, 5) is 24.3. The van der Waals surface area contributed by atoms with Crippen molar-refractivity contribution in [1.82, 2.24) is 4.90 Å². The van der Waals surface area contributed by atoms with Crippen LogP contribution in [0.5, 0.6) is 17.2 Å². The van der Waals surface area contributed by atoms with Gasteiger partial charge in [-0.3, -0.25) is 14.5 Å². The summed E-state index contributed by atoms with van der Waals surface area (Å²) in [5.41, 5.74) is -0.00571. The van der Waals surface area contributed by atoms with Gasteiger partial charge in [0.15, 0.2) is 0 Å². The van der Waals surface area contributed by atoms with Gasteiger partial charge in [0.2, 0.25) is 0 Å². The van der Waals surface area contributed by atoms with E-state index in [0.717, 1.165) is 23.9 Å². The van der Waals surface area contributed by atoms with Gasteiger partial charge in [-0.1, -0.05) is 24.0 Å². The fourth-order valence-corrected chi connectivity index (χ4v) is 3.26. The largest absolute Gasteiger partial charge is 0.508 e. The molecule has 0 aromatic heterocycles. The predicted octanol–water partition coefficient (Wildman–Crippen LogP) is 1.87. The first-order valence-corrected chi connectivity index (χ1v) is 7.74. The van der Waals surface area contributed by atoms with E-state index >= 15 is 0 Å². The Morgan fingerprint density at radius 1 is 1.26 bits per heavy atom. The summed E-state index contributed by atoms with van der Waals surface area (Å²) in [6, 6.07) is 2.08. The summed E-state index contributed by atoms with van der Waals surface area (Å²) in [6.45, 7) is 0.182. The lowest BCUT2D eigenvalue weighted by Gasteiger charge is -2.13. The number of amides is 1. The van der Waals surface area contributed by atoms with E-state index in [9.17, 15) is 24.9 Å². The summed E-state index contributed by atoms with van der Waals surface area (Å²) in [7, 11) is 0. The van der Waals surface area contributed by atoms with Crippen LogP contribution in [0.4, 0.5) is 0 Å². The van der Waals surface area contributed by atoms with Gasteiger partial charge in [-0.05, 0) is 12.5 Å². The zero-order valence-corrected chi connectivity index (χ0v) is 13.4. The van der Waals surface area contributed by atoms with Crippen molar-refractivity contribution < 1.29 is 30.0 Å². The molecule has 1 aliphatic rings. The first-order chi connectivity index (χ1) is 10.8. The molecule has 1 aromatic rings. The first kappa shape index (κ1) is 17.1. The van der Waals surface area contributed by atoms with Crippen molar-refractivity contribution in [3.05, 3.63) is 22.6 Å². The number of carbonyl (C=O) groups is 2. The molecule has 0 unspecified atom stereocenters. The summed E-state index contributed by atoms with van der Waals surface area (Å²) in [5, 5.41) is 37.4. The fraction of sp³-hybridized carbons (Fsp3) is 0.214. The van der Waals surface area contributed by atoms with Crippen LogP contribution in [0, 0.1) is 0 Å². The zero-order valence-electron chi connectivity index (χ0n) is 11.7. The Labute approximate surface area is 140 Å². The van der Waals surface area contributed by atoms with Crippen molar-refractivity contribution in [1.29, 1.82) is 0 Å². The number of hydrogen-bond acceptors (Lipinski definition) is 7. The van der Waals surface area contributed by atoms with E-state index in [0.29, 0.717) is 0 Å². The highest BCUT2D eigenvalue weighted by Crippen LogP contribution is 2.38. The number of aromatic hydroxyl groups is 3. The third kappa shape index (κ3) is 3.93. The number of benzene rings is 1. The van der Waals surface area contributed by atoms with Crippen LogP contribution in [0.1, 0.15) is 18.4 Å². The van der Waals surface area contributed by atoms with Crippen LogP contribution in [0.15, 0.2) is 17.0 Å². The second kappa shape index (κ2) is 6.88. The highest BCUT2D eigenvalue weighted by atomic mass is 32.2. The molecule has 4 N–H and O–H groups in total.